The lowest BCUT2D eigenvalue weighted by Crippen LogP contribution is -2.60. The monoisotopic (exact) mass is 894 g/mol. The minimum absolute atomic E-state index is 0.00148. The van der Waals surface area contributed by atoms with Crippen LogP contribution in [0.5, 0.6) is 0 Å². The first-order valence-corrected chi connectivity index (χ1v) is 23.2. The molecule has 9 atom stereocenters. The first-order chi connectivity index (χ1) is 30.4. The predicted octanol–water partition coefficient (Wildman–Crippen LogP) is 5.81. The van der Waals surface area contributed by atoms with Crippen molar-refractivity contribution in [2.75, 3.05) is 48.0 Å². The van der Waals surface area contributed by atoms with Crippen LogP contribution in [-0.4, -0.2) is 140 Å². The molecule has 2 aromatic rings. The minimum atomic E-state index is -0.900. The average Bonchev–Trinajstić information content (AvgIpc) is 3.73. The minimum Gasteiger partial charge on any atom is -0.481 e. The van der Waals surface area contributed by atoms with Crippen LogP contribution in [0.4, 0.5) is 0 Å². The summed E-state index contributed by atoms with van der Waals surface area (Å²) in [5.41, 5.74) is 2.13. The number of imide groups is 1. The first kappa shape index (κ1) is 54.1. The summed E-state index contributed by atoms with van der Waals surface area (Å²) < 4.78 is 18.3. The Bertz CT molecular complexity index is 1730. The number of likely N-dealkylation sites (tertiary alicyclic amines) is 1. The van der Waals surface area contributed by atoms with E-state index in [0.717, 1.165) is 24.0 Å². The Kier molecular flexibility index (Phi) is 23.1. The fourth-order valence-corrected chi connectivity index (χ4v) is 9.51. The van der Waals surface area contributed by atoms with Crippen molar-refractivity contribution in [2.45, 2.75) is 142 Å². The van der Waals surface area contributed by atoms with Crippen LogP contribution in [0, 0.1) is 23.7 Å². The number of carbonyl (C=O) groups is 5. The highest BCUT2D eigenvalue weighted by Crippen LogP contribution is 2.30. The summed E-state index contributed by atoms with van der Waals surface area (Å²) in [6, 6.07) is 17.5. The van der Waals surface area contributed by atoms with Crippen molar-refractivity contribution in [1.82, 2.24) is 25.3 Å². The largest absolute Gasteiger partial charge is 0.481 e. The van der Waals surface area contributed by atoms with E-state index in [-0.39, 0.29) is 60.5 Å². The van der Waals surface area contributed by atoms with Gasteiger partial charge in [-0.15, -0.1) is 0 Å². The summed E-state index contributed by atoms with van der Waals surface area (Å²) in [6.07, 6.45) is 2.02. The average molecular weight is 894 g/mol. The van der Waals surface area contributed by atoms with E-state index in [4.69, 9.17) is 19.3 Å². The number of carboxylic acids is 1. The van der Waals surface area contributed by atoms with Crippen molar-refractivity contribution in [3.05, 3.63) is 71.8 Å². The molecule has 1 heterocycles. The second kappa shape index (κ2) is 27.3. The molecule has 0 unspecified atom stereocenters. The predicted molar refractivity (Wildman–Crippen MR) is 249 cm³/mol. The Morgan fingerprint density at radius 2 is 1.42 bits per heavy atom. The molecule has 358 valence electrons. The van der Waals surface area contributed by atoms with Crippen LogP contribution >= 0.6 is 0 Å². The van der Waals surface area contributed by atoms with E-state index in [2.05, 4.69) is 24.5 Å². The zero-order valence-electron chi connectivity index (χ0n) is 40.5. The summed E-state index contributed by atoms with van der Waals surface area (Å²) in [4.78, 5) is 73.1. The van der Waals surface area contributed by atoms with Gasteiger partial charge in [-0.3, -0.25) is 39.1 Å². The van der Waals surface area contributed by atoms with Gasteiger partial charge in [-0.2, -0.15) is 0 Å². The SMILES string of the molecule is CC[C@H](C)[C@@H]([C@@H](CC(=O)N1CCC[C@H]1[C@H](OC)[C@@H](C)C(=O)N[C@H](COCc1ccccc1)Cc1ccccc1)OC)N(C)[C@H](C(=O)NC(=O)[C@H](C(C)C)N(C)CCCC(=O)O)C(C)C. The molecule has 3 rings (SSSR count). The van der Waals surface area contributed by atoms with Crippen molar-refractivity contribution in [3.63, 3.8) is 0 Å². The summed E-state index contributed by atoms with van der Waals surface area (Å²) >= 11 is 0. The van der Waals surface area contributed by atoms with Gasteiger partial charge in [0, 0.05) is 33.2 Å². The number of ether oxygens (including phenoxy) is 3. The van der Waals surface area contributed by atoms with Gasteiger partial charge in [-0.25, -0.2) is 0 Å². The molecule has 4 amide bonds. The Labute approximate surface area is 383 Å². The van der Waals surface area contributed by atoms with E-state index in [9.17, 15) is 24.0 Å². The third-order valence-corrected chi connectivity index (χ3v) is 12.9. The van der Waals surface area contributed by atoms with Gasteiger partial charge in [0.1, 0.15) is 0 Å². The molecule has 1 aliphatic heterocycles. The molecule has 14 nitrogen and oxygen atoms in total. The Morgan fingerprint density at radius 3 is 1.97 bits per heavy atom. The van der Waals surface area contributed by atoms with Crippen molar-refractivity contribution in [1.29, 1.82) is 0 Å². The van der Waals surface area contributed by atoms with Crippen molar-refractivity contribution < 1.29 is 43.3 Å². The smallest absolute Gasteiger partial charge is 0.303 e. The number of aliphatic carboxylic acids is 1. The summed E-state index contributed by atoms with van der Waals surface area (Å²) in [5, 5.41) is 15.1. The molecule has 3 N–H and O–H groups in total. The van der Waals surface area contributed by atoms with Gasteiger partial charge in [0.15, 0.2) is 0 Å². The number of benzene rings is 2. The summed E-state index contributed by atoms with van der Waals surface area (Å²) in [5.74, 6) is -2.99. The van der Waals surface area contributed by atoms with E-state index in [1.54, 1.807) is 26.2 Å². The standard InChI is InChI=1S/C50H79N5O9/c1-12-35(6)46(54(9)45(34(4)5)50(61)52-49(60)44(33(2)3)53(8)27-20-26-43(57)58)41(62-10)30-42(56)55-28-19-25-40(55)47(63-11)36(7)48(59)51-39(29-37-21-15-13-16-22-37)32-64-31-38-23-17-14-18-24-38/h13-18,21-24,33-36,39-41,44-47H,12,19-20,25-32H2,1-11H3,(H,51,59)(H,57,58)(H,52,60,61)/t35-,36+,39-,40-,41+,44-,45-,46-,47+/m0/s1. The van der Waals surface area contributed by atoms with Crippen LogP contribution in [0.25, 0.3) is 0 Å². The number of hydrogen-bond acceptors (Lipinski definition) is 10. The van der Waals surface area contributed by atoms with Crippen molar-refractivity contribution in [2.24, 2.45) is 23.7 Å². The highest BCUT2D eigenvalue weighted by molar-refractivity contribution is 6.00. The van der Waals surface area contributed by atoms with Crippen LogP contribution in [0.1, 0.15) is 98.1 Å². The van der Waals surface area contributed by atoms with Gasteiger partial charge in [0.25, 0.3) is 0 Å². The number of hydrogen-bond donors (Lipinski definition) is 3. The highest BCUT2D eigenvalue weighted by Gasteiger charge is 2.44. The first-order valence-electron chi connectivity index (χ1n) is 23.2. The van der Waals surface area contributed by atoms with Crippen LogP contribution in [0.3, 0.4) is 0 Å². The van der Waals surface area contributed by atoms with Gasteiger partial charge in [-0.1, -0.05) is 116 Å². The zero-order chi connectivity index (χ0) is 47.5. The van der Waals surface area contributed by atoms with Gasteiger partial charge in [0.05, 0.1) is 61.9 Å². The summed E-state index contributed by atoms with van der Waals surface area (Å²) in [7, 11) is 6.81. The number of rotatable bonds is 28. The summed E-state index contributed by atoms with van der Waals surface area (Å²) in [6.45, 7) is 15.3. The molecule has 14 heteroatoms. The Morgan fingerprint density at radius 1 is 0.828 bits per heavy atom. The molecule has 64 heavy (non-hydrogen) atoms. The lowest BCUT2D eigenvalue weighted by molar-refractivity contribution is -0.144. The fraction of sp³-hybridized carbons (Fsp3) is 0.660. The molecule has 0 saturated carbocycles. The molecule has 0 aromatic heterocycles. The van der Waals surface area contributed by atoms with E-state index in [1.165, 1.54) is 0 Å². The number of carboxylic acid groups (broad SMARTS) is 1. The molecule has 2 aromatic carbocycles. The second-order valence-electron chi connectivity index (χ2n) is 18.4. The van der Waals surface area contributed by atoms with Gasteiger partial charge in [-0.05, 0) is 75.2 Å². The molecule has 0 radical (unpaired) electrons. The quantitative estimate of drug-likeness (QED) is 0.0944. The number of amides is 4. The lowest BCUT2D eigenvalue weighted by atomic mass is 9.87. The van der Waals surface area contributed by atoms with Crippen molar-refractivity contribution in [3.8, 4) is 0 Å². The third-order valence-electron chi connectivity index (χ3n) is 12.9. The van der Waals surface area contributed by atoms with E-state index in [1.807, 2.05) is 112 Å². The van der Waals surface area contributed by atoms with Crippen LogP contribution < -0.4 is 10.6 Å². The van der Waals surface area contributed by atoms with Crippen LogP contribution in [0.2, 0.25) is 0 Å². The molecular weight excluding hydrogens is 815 g/mol. The topological polar surface area (TPSA) is 167 Å². The normalized spacial score (nSPS) is 18.0. The lowest BCUT2D eigenvalue weighted by Gasteiger charge is -2.43. The van der Waals surface area contributed by atoms with E-state index < -0.39 is 48.0 Å². The maximum absolute atomic E-state index is 14.5. The number of nitrogens with one attached hydrogen (secondary N) is 2. The Balaban J connectivity index is 1.77. The maximum Gasteiger partial charge on any atom is 0.303 e. The van der Waals surface area contributed by atoms with E-state index in [0.29, 0.717) is 45.6 Å². The second-order valence-corrected chi connectivity index (χ2v) is 18.4. The van der Waals surface area contributed by atoms with Gasteiger partial charge < -0.3 is 29.5 Å². The van der Waals surface area contributed by atoms with Crippen molar-refractivity contribution >= 4 is 29.6 Å². The number of likely N-dealkylation sites (N-methyl/N-ethyl adjacent to an activating group) is 2. The van der Waals surface area contributed by atoms with Gasteiger partial charge >= 0.3 is 5.97 Å². The highest BCUT2D eigenvalue weighted by atomic mass is 16.5. The number of nitrogens with zero attached hydrogens (tertiary/aromatic N) is 3. The third kappa shape index (κ3) is 16.0. The molecule has 0 bridgehead atoms. The van der Waals surface area contributed by atoms with Crippen LogP contribution in [-0.2, 0) is 51.2 Å². The van der Waals surface area contributed by atoms with E-state index >= 15 is 0 Å². The molecular formula is C50H79N5O9. The molecule has 1 fully saturated rings. The zero-order valence-corrected chi connectivity index (χ0v) is 40.5. The number of carbonyl (C=O) groups excluding carboxylic acids is 4. The molecule has 1 aliphatic rings. The maximum atomic E-state index is 14.5. The van der Waals surface area contributed by atoms with Gasteiger partial charge in [0.2, 0.25) is 23.6 Å². The van der Waals surface area contributed by atoms with Crippen LogP contribution in [0.15, 0.2) is 60.7 Å². The fourth-order valence-electron chi connectivity index (χ4n) is 9.51. The molecule has 0 spiro atoms. The molecule has 0 aliphatic carbocycles. The number of methoxy groups -OCH3 is 2. The molecule has 1 saturated heterocycles. The Hall–Kier alpha value is -4.21.